The molecule has 0 aliphatic carbocycles. The molecule has 0 spiro atoms. The van der Waals surface area contributed by atoms with Crippen molar-refractivity contribution in [2.45, 2.75) is 0 Å². The molecule has 8 aromatic carbocycles. The Morgan fingerprint density at radius 2 is 0.603 bits per heavy atom. The SMILES string of the molecule is c1ccc(-c2ccc(-c3nc(-c4ccc(-c5ccccc5)cc4)nc(-c4cc(-c5ccccc5)cc(-c5cccc(-c6c(-c7ccccc7)nc7ccccn67)c5)c4)n3)cc2)cc1. The minimum absolute atomic E-state index is 0.595. The van der Waals surface area contributed by atoms with Crippen LogP contribution in [0.3, 0.4) is 0 Å². The Morgan fingerprint density at radius 1 is 0.238 bits per heavy atom. The third kappa shape index (κ3) is 7.60. The van der Waals surface area contributed by atoms with Crippen molar-refractivity contribution in [2.24, 2.45) is 0 Å². The van der Waals surface area contributed by atoms with Crippen LogP contribution in [0.4, 0.5) is 0 Å². The van der Waals surface area contributed by atoms with Crippen LogP contribution in [0, 0.1) is 0 Å². The highest BCUT2D eigenvalue weighted by Gasteiger charge is 2.19. The number of benzene rings is 8. The van der Waals surface area contributed by atoms with E-state index in [-0.39, 0.29) is 0 Å². The third-order valence-corrected chi connectivity index (χ3v) is 11.5. The van der Waals surface area contributed by atoms with Crippen molar-refractivity contribution in [3.05, 3.63) is 237 Å². The van der Waals surface area contributed by atoms with E-state index in [0.29, 0.717) is 17.5 Å². The third-order valence-electron chi connectivity index (χ3n) is 11.5. The molecule has 0 aliphatic heterocycles. The van der Waals surface area contributed by atoms with Crippen molar-refractivity contribution in [3.63, 3.8) is 0 Å². The molecule has 0 fully saturated rings. The topological polar surface area (TPSA) is 56.0 Å². The van der Waals surface area contributed by atoms with Crippen molar-refractivity contribution in [1.82, 2.24) is 24.3 Å². The molecule has 0 amide bonds. The molecule has 5 nitrogen and oxygen atoms in total. The fraction of sp³-hybridized carbons (Fsp3) is 0. The quantitative estimate of drug-likeness (QED) is 0.146. The van der Waals surface area contributed by atoms with Gasteiger partial charge < -0.3 is 0 Å². The van der Waals surface area contributed by atoms with Gasteiger partial charge in [0, 0.05) is 34.0 Å². The summed E-state index contributed by atoms with van der Waals surface area (Å²) in [7, 11) is 0. The van der Waals surface area contributed by atoms with Gasteiger partial charge in [0.1, 0.15) is 5.65 Å². The number of aromatic nitrogens is 5. The molecule has 0 saturated heterocycles. The molecule has 5 heteroatoms. The average molecular weight is 806 g/mol. The molecule has 3 aromatic heterocycles. The Morgan fingerprint density at radius 3 is 1.14 bits per heavy atom. The van der Waals surface area contributed by atoms with Gasteiger partial charge in [-0.15, -0.1) is 0 Å². The summed E-state index contributed by atoms with van der Waals surface area (Å²) in [6.45, 7) is 0. The first-order valence-corrected chi connectivity index (χ1v) is 21.1. The number of nitrogens with zero attached hydrogens (tertiary/aromatic N) is 5. The number of fused-ring (bicyclic) bond motifs is 1. The zero-order valence-corrected chi connectivity index (χ0v) is 34.3. The van der Waals surface area contributed by atoms with Crippen molar-refractivity contribution in [3.8, 4) is 101 Å². The highest BCUT2D eigenvalue weighted by molar-refractivity contribution is 5.86. The van der Waals surface area contributed by atoms with Crippen LogP contribution in [0.25, 0.3) is 107 Å². The smallest absolute Gasteiger partial charge is 0.164 e. The zero-order chi connectivity index (χ0) is 42.0. The summed E-state index contributed by atoms with van der Waals surface area (Å²) in [5.41, 5.74) is 16.6. The zero-order valence-electron chi connectivity index (χ0n) is 34.3. The van der Waals surface area contributed by atoms with Crippen LogP contribution in [0.2, 0.25) is 0 Å². The molecule has 0 saturated carbocycles. The number of hydrogen-bond acceptors (Lipinski definition) is 4. The van der Waals surface area contributed by atoms with Gasteiger partial charge in [-0.1, -0.05) is 194 Å². The predicted molar refractivity (Wildman–Crippen MR) is 258 cm³/mol. The fourth-order valence-electron chi connectivity index (χ4n) is 8.28. The molecule has 0 N–H and O–H groups in total. The minimum atomic E-state index is 0.595. The Balaban J connectivity index is 1.07. The minimum Gasteiger partial charge on any atom is -0.299 e. The van der Waals surface area contributed by atoms with Gasteiger partial charge in [-0.2, -0.15) is 0 Å². The lowest BCUT2D eigenvalue weighted by molar-refractivity contribution is 1.07. The Kier molecular flexibility index (Phi) is 9.80. The van der Waals surface area contributed by atoms with Crippen molar-refractivity contribution in [1.29, 1.82) is 0 Å². The first-order valence-electron chi connectivity index (χ1n) is 21.1. The van der Waals surface area contributed by atoms with E-state index in [1.807, 2.05) is 24.3 Å². The standard InChI is InChI=1S/C58H39N5/c1-5-16-40(17-6-1)43-27-31-46(32-28-43)56-60-57(47-33-29-44(30-34-47)41-18-7-2-8-19-41)62-58(61-56)52-38-50(42-20-9-3-10-21-42)37-51(39-52)48-24-15-25-49(36-48)55-54(45-22-11-4-12-23-45)59-53-26-13-14-35-63(53)55/h1-39H. The molecule has 63 heavy (non-hydrogen) atoms. The Bertz CT molecular complexity index is 3240. The van der Waals surface area contributed by atoms with Crippen molar-refractivity contribution >= 4 is 5.65 Å². The average Bonchev–Trinajstić information content (AvgIpc) is 3.77. The highest BCUT2D eigenvalue weighted by atomic mass is 15.0. The monoisotopic (exact) mass is 805 g/mol. The molecular weight excluding hydrogens is 767 g/mol. The molecule has 0 radical (unpaired) electrons. The Hall–Kier alpha value is -8.54. The summed E-state index contributed by atoms with van der Waals surface area (Å²) in [6, 6.07) is 80.3. The lowest BCUT2D eigenvalue weighted by Crippen LogP contribution is -2.01. The molecule has 0 bridgehead atoms. The van der Waals surface area contributed by atoms with Gasteiger partial charge in [0.2, 0.25) is 0 Å². The second kappa shape index (κ2) is 16.5. The molecule has 0 unspecified atom stereocenters. The maximum absolute atomic E-state index is 5.24. The predicted octanol–water partition coefficient (Wildman–Crippen LogP) is 14.5. The normalized spacial score (nSPS) is 11.2. The van der Waals surface area contributed by atoms with Gasteiger partial charge in [0.15, 0.2) is 17.5 Å². The Labute approximate surface area is 366 Å². The second-order valence-electron chi connectivity index (χ2n) is 15.5. The number of rotatable bonds is 9. The largest absolute Gasteiger partial charge is 0.299 e. The van der Waals surface area contributed by atoms with E-state index in [9.17, 15) is 0 Å². The summed E-state index contributed by atoms with van der Waals surface area (Å²) in [4.78, 5) is 20.7. The molecule has 11 aromatic rings. The summed E-state index contributed by atoms with van der Waals surface area (Å²) in [5, 5.41) is 0. The molecule has 3 heterocycles. The van der Waals surface area contributed by atoms with Gasteiger partial charge in [-0.3, -0.25) is 4.40 Å². The summed E-state index contributed by atoms with van der Waals surface area (Å²) in [6.07, 6.45) is 2.09. The summed E-state index contributed by atoms with van der Waals surface area (Å²) in [5.74, 6) is 1.81. The van der Waals surface area contributed by atoms with Crippen molar-refractivity contribution < 1.29 is 0 Å². The van der Waals surface area contributed by atoms with E-state index in [1.54, 1.807) is 0 Å². The van der Waals surface area contributed by atoms with E-state index in [2.05, 4.69) is 217 Å². The first kappa shape index (κ1) is 37.5. The van der Waals surface area contributed by atoms with Gasteiger partial charge in [0.05, 0.1) is 11.4 Å². The molecule has 0 aliphatic rings. The number of pyridine rings is 1. The molecule has 0 atom stereocenters. The number of hydrogen-bond donors (Lipinski definition) is 0. The van der Waals surface area contributed by atoms with Gasteiger partial charge in [-0.25, -0.2) is 19.9 Å². The molecular formula is C58H39N5. The molecule has 11 rings (SSSR count). The van der Waals surface area contributed by atoms with E-state index < -0.39 is 0 Å². The van der Waals surface area contributed by atoms with Gasteiger partial charge >= 0.3 is 0 Å². The first-order chi connectivity index (χ1) is 31.2. The lowest BCUT2D eigenvalue weighted by Gasteiger charge is -2.14. The van der Waals surface area contributed by atoms with E-state index in [4.69, 9.17) is 19.9 Å². The van der Waals surface area contributed by atoms with Crippen LogP contribution in [0.1, 0.15) is 0 Å². The van der Waals surface area contributed by atoms with Crippen molar-refractivity contribution in [2.75, 3.05) is 0 Å². The van der Waals surface area contributed by atoms with E-state index >= 15 is 0 Å². The van der Waals surface area contributed by atoms with Crippen LogP contribution < -0.4 is 0 Å². The maximum atomic E-state index is 5.24. The summed E-state index contributed by atoms with van der Waals surface area (Å²) < 4.78 is 2.18. The second-order valence-corrected chi connectivity index (χ2v) is 15.5. The molecule has 296 valence electrons. The fourth-order valence-corrected chi connectivity index (χ4v) is 8.28. The van der Waals surface area contributed by atoms with Crippen LogP contribution in [0.5, 0.6) is 0 Å². The van der Waals surface area contributed by atoms with E-state index in [0.717, 1.165) is 89.4 Å². The van der Waals surface area contributed by atoms with Crippen LogP contribution in [0.15, 0.2) is 237 Å². The lowest BCUT2D eigenvalue weighted by atomic mass is 9.94. The van der Waals surface area contributed by atoms with Crippen LogP contribution in [-0.4, -0.2) is 24.3 Å². The van der Waals surface area contributed by atoms with E-state index in [1.165, 1.54) is 0 Å². The summed E-state index contributed by atoms with van der Waals surface area (Å²) >= 11 is 0. The highest BCUT2D eigenvalue weighted by Crippen LogP contribution is 2.38. The van der Waals surface area contributed by atoms with Gasteiger partial charge in [-0.05, 0) is 80.9 Å². The van der Waals surface area contributed by atoms with Gasteiger partial charge in [0.25, 0.3) is 0 Å². The number of imidazole rings is 1. The maximum Gasteiger partial charge on any atom is 0.164 e. The van der Waals surface area contributed by atoms with Crippen LogP contribution in [-0.2, 0) is 0 Å². The van der Waals surface area contributed by atoms with Crippen LogP contribution >= 0.6 is 0 Å².